The lowest BCUT2D eigenvalue weighted by molar-refractivity contribution is -0.113. The van der Waals surface area contributed by atoms with Crippen molar-refractivity contribution in [2.45, 2.75) is 32.5 Å². The number of benzene rings is 2. The van der Waals surface area contributed by atoms with Gasteiger partial charge in [0.1, 0.15) is 0 Å². The van der Waals surface area contributed by atoms with E-state index >= 15 is 0 Å². The smallest absolute Gasteiger partial charge is 0.234 e. The number of carbonyl (C=O) groups excluding carboxylic acids is 1. The fourth-order valence-corrected chi connectivity index (χ4v) is 3.80. The molecular weight excluding hydrogens is 424 g/mol. The predicted molar refractivity (Wildman–Crippen MR) is 114 cm³/mol. The minimum absolute atomic E-state index is 0.0650. The number of hydrogen-bond donors (Lipinski definition) is 1. The summed E-state index contributed by atoms with van der Waals surface area (Å²) >= 11 is 4.86. The van der Waals surface area contributed by atoms with Crippen molar-refractivity contribution in [3.8, 4) is 11.4 Å². The molecule has 1 heterocycles. The predicted octanol–water partition coefficient (Wildman–Crippen LogP) is 5.08. The minimum Gasteiger partial charge on any atom is -0.325 e. The highest BCUT2D eigenvalue weighted by molar-refractivity contribution is 9.10. The summed E-state index contributed by atoms with van der Waals surface area (Å²) in [6.45, 7) is 6.85. The third-order valence-electron chi connectivity index (χ3n) is 4.19. The van der Waals surface area contributed by atoms with E-state index in [4.69, 9.17) is 0 Å². The average Bonchev–Trinajstić information content (AvgIpc) is 3.06. The summed E-state index contributed by atoms with van der Waals surface area (Å²) in [5, 5.41) is 12.3. The molecule has 0 bridgehead atoms. The SMILES string of the molecule is CCn1c(SCC(=O)Nc2ccc(Br)c(C)c2)nnc1-c1ccccc1C. The van der Waals surface area contributed by atoms with Crippen LogP contribution in [0.2, 0.25) is 0 Å². The molecule has 0 unspecified atom stereocenters. The molecule has 0 radical (unpaired) electrons. The van der Waals surface area contributed by atoms with E-state index < -0.39 is 0 Å². The summed E-state index contributed by atoms with van der Waals surface area (Å²) in [5.41, 5.74) is 4.08. The molecule has 3 rings (SSSR count). The van der Waals surface area contributed by atoms with Crippen molar-refractivity contribution < 1.29 is 4.79 Å². The molecule has 0 aliphatic carbocycles. The second-order valence-corrected chi connectivity index (χ2v) is 7.96. The van der Waals surface area contributed by atoms with Gasteiger partial charge in [0.15, 0.2) is 11.0 Å². The molecule has 2 aromatic carbocycles. The second kappa shape index (κ2) is 8.71. The van der Waals surface area contributed by atoms with Gasteiger partial charge in [-0.1, -0.05) is 52.0 Å². The van der Waals surface area contributed by atoms with Crippen LogP contribution in [0.15, 0.2) is 52.1 Å². The number of aromatic nitrogens is 3. The molecule has 7 heteroatoms. The Balaban J connectivity index is 1.70. The zero-order valence-electron chi connectivity index (χ0n) is 15.5. The first-order valence-corrected chi connectivity index (χ1v) is 10.5. The highest BCUT2D eigenvalue weighted by atomic mass is 79.9. The summed E-state index contributed by atoms with van der Waals surface area (Å²) in [5.74, 6) is 1.05. The van der Waals surface area contributed by atoms with E-state index in [9.17, 15) is 4.79 Å². The van der Waals surface area contributed by atoms with E-state index in [2.05, 4.69) is 51.4 Å². The van der Waals surface area contributed by atoms with Gasteiger partial charge in [-0.2, -0.15) is 0 Å². The zero-order valence-corrected chi connectivity index (χ0v) is 17.9. The van der Waals surface area contributed by atoms with E-state index in [1.54, 1.807) is 0 Å². The number of carbonyl (C=O) groups is 1. The van der Waals surface area contributed by atoms with Gasteiger partial charge in [-0.25, -0.2) is 0 Å². The molecule has 0 atom stereocenters. The number of rotatable bonds is 6. The molecule has 0 fully saturated rings. The molecule has 0 spiro atoms. The van der Waals surface area contributed by atoms with Gasteiger partial charge in [0, 0.05) is 22.3 Å². The first kappa shape index (κ1) is 19.6. The Hall–Kier alpha value is -2.12. The van der Waals surface area contributed by atoms with Crippen LogP contribution in [0.5, 0.6) is 0 Å². The monoisotopic (exact) mass is 444 g/mol. The zero-order chi connectivity index (χ0) is 19.4. The first-order valence-electron chi connectivity index (χ1n) is 8.67. The maximum absolute atomic E-state index is 12.3. The van der Waals surface area contributed by atoms with Crippen LogP contribution in [-0.4, -0.2) is 26.4 Å². The molecule has 140 valence electrons. The molecule has 1 N–H and O–H groups in total. The Morgan fingerprint density at radius 1 is 1.15 bits per heavy atom. The fraction of sp³-hybridized carbons (Fsp3) is 0.250. The van der Waals surface area contributed by atoms with Crippen LogP contribution in [-0.2, 0) is 11.3 Å². The molecule has 0 aliphatic rings. The number of anilines is 1. The highest BCUT2D eigenvalue weighted by Gasteiger charge is 2.15. The first-order chi connectivity index (χ1) is 13.0. The van der Waals surface area contributed by atoms with E-state index in [1.807, 2.05) is 47.9 Å². The van der Waals surface area contributed by atoms with Crippen LogP contribution in [0, 0.1) is 13.8 Å². The van der Waals surface area contributed by atoms with Gasteiger partial charge >= 0.3 is 0 Å². The maximum Gasteiger partial charge on any atom is 0.234 e. The van der Waals surface area contributed by atoms with Crippen LogP contribution in [0.1, 0.15) is 18.1 Å². The quantitative estimate of drug-likeness (QED) is 0.538. The molecule has 1 aromatic heterocycles. The standard InChI is InChI=1S/C20H21BrN4OS/c1-4-25-19(16-8-6-5-7-13(16)2)23-24-20(25)27-12-18(26)22-15-9-10-17(21)14(3)11-15/h5-11H,4,12H2,1-3H3,(H,22,26). The maximum atomic E-state index is 12.3. The molecule has 27 heavy (non-hydrogen) atoms. The normalized spacial score (nSPS) is 10.8. The number of aryl methyl sites for hydroxylation is 2. The van der Waals surface area contributed by atoms with Crippen molar-refractivity contribution in [2.75, 3.05) is 11.1 Å². The van der Waals surface area contributed by atoms with Crippen LogP contribution in [0.3, 0.4) is 0 Å². The average molecular weight is 445 g/mol. The summed E-state index contributed by atoms with van der Waals surface area (Å²) in [6.07, 6.45) is 0. The number of nitrogens with zero attached hydrogens (tertiary/aromatic N) is 3. The molecule has 1 amide bonds. The lowest BCUT2D eigenvalue weighted by Crippen LogP contribution is -2.14. The number of amides is 1. The molecule has 5 nitrogen and oxygen atoms in total. The van der Waals surface area contributed by atoms with Gasteiger partial charge in [0.05, 0.1) is 5.75 Å². The molecule has 0 saturated carbocycles. The molecule has 3 aromatic rings. The Morgan fingerprint density at radius 3 is 2.63 bits per heavy atom. The summed E-state index contributed by atoms with van der Waals surface area (Å²) < 4.78 is 3.07. The Kier molecular flexibility index (Phi) is 6.34. The summed E-state index contributed by atoms with van der Waals surface area (Å²) in [4.78, 5) is 12.3. The van der Waals surface area contributed by atoms with Gasteiger partial charge in [-0.3, -0.25) is 4.79 Å². The lowest BCUT2D eigenvalue weighted by Gasteiger charge is -2.09. The largest absolute Gasteiger partial charge is 0.325 e. The lowest BCUT2D eigenvalue weighted by atomic mass is 10.1. The Morgan fingerprint density at radius 2 is 1.93 bits per heavy atom. The van der Waals surface area contributed by atoms with Gasteiger partial charge in [-0.05, 0) is 50.1 Å². The van der Waals surface area contributed by atoms with Crippen molar-refractivity contribution in [1.82, 2.24) is 14.8 Å². The van der Waals surface area contributed by atoms with E-state index in [-0.39, 0.29) is 11.7 Å². The van der Waals surface area contributed by atoms with Gasteiger partial charge in [-0.15, -0.1) is 10.2 Å². The number of thioether (sulfide) groups is 1. The van der Waals surface area contributed by atoms with Gasteiger partial charge < -0.3 is 9.88 Å². The fourth-order valence-electron chi connectivity index (χ4n) is 2.75. The molecule has 0 saturated heterocycles. The molecule has 0 aliphatic heterocycles. The topological polar surface area (TPSA) is 59.8 Å². The van der Waals surface area contributed by atoms with Crippen molar-refractivity contribution in [1.29, 1.82) is 0 Å². The van der Waals surface area contributed by atoms with E-state index in [1.165, 1.54) is 11.8 Å². The van der Waals surface area contributed by atoms with Crippen molar-refractivity contribution >= 4 is 39.3 Å². The van der Waals surface area contributed by atoms with Gasteiger partial charge in [0.25, 0.3) is 0 Å². The van der Waals surface area contributed by atoms with Crippen LogP contribution >= 0.6 is 27.7 Å². The summed E-state index contributed by atoms with van der Waals surface area (Å²) in [6, 6.07) is 13.9. The molecular formula is C20H21BrN4OS. The number of nitrogens with one attached hydrogen (secondary N) is 1. The van der Waals surface area contributed by atoms with Crippen molar-refractivity contribution in [3.05, 3.63) is 58.1 Å². The number of halogens is 1. The Labute approximate surface area is 171 Å². The second-order valence-electron chi connectivity index (χ2n) is 6.17. The highest BCUT2D eigenvalue weighted by Crippen LogP contribution is 2.26. The van der Waals surface area contributed by atoms with E-state index in [0.29, 0.717) is 0 Å². The number of hydrogen-bond acceptors (Lipinski definition) is 4. The van der Waals surface area contributed by atoms with Crippen molar-refractivity contribution in [3.63, 3.8) is 0 Å². The van der Waals surface area contributed by atoms with Crippen LogP contribution in [0.25, 0.3) is 11.4 Å². The Bertz CT molecular complexity index is 970. The third-order valence-corrected chi connectivity index (χ3v) is 6.05. The van der Waals surface area contributed by atoms with Gasteiger partial charge in [0.2, 0.25) is 5.91 Å². The van der Waals surface area contributed by atoms with Crippen molar-refractivity contribution in [2.24, 2.45) is 0 Å². The van der Waals surface area contributed by atoms with Crippen LogP contribution < -0.4 is 5.32 Å². The van der Waals surface area contributed by atoms with Crippen LogP contribution in [0.4, 0.5) is 5.69 Å². The third kappa shape index (κ3) is 4.59. The summed E-state index contributed by atoms with van der Waals surface area (Å²) in [7, 11) is 0. The van der Waals surface area contributed by atoms with E-state index in [0.717, 1.165) is 44.4 Å². The minimum atomic E-state index is -0.0650.